The maximum atomic E-state index is 12.3. The fraction of sp³-hybridized carbons (Fsp3) is 0.300. The lowest BCUT2D eigenvalue weighted by Crippen LogP contribution is -2.13. The number of hydrogen-bond acceptors (Lipinski definition) is 6. The normalized spacial score (nSPS) is 10.9. The molecule has 0 bridgehead atoms. The van der Waals surface area contributed by atoms with Crippen LogP contribution in [0.4, 0.5) is 5.13 Å². The van der Waals surface area contributed by atoms with Gasteiger partial charge in [0.2, 0.25) is 11.0 Å². The predicted molar refractivity (Wildman–Crippen MR) is 110 cm³/mol. The average molecular weight is 400 g/mol. The molecule has 140 valence electrons. The van der Waals surface area contributed by atoms with Gasteiger partial charge in [0.1, 0.15) is 5.01 Å². The van der Waals surface area contributed by atoms with E-state index in [1.165, 1.54) is 16.9 Å². The van der Waals surface area contributed by atoms with Gasteiger partial charge in [0, 0.05) is 29.3 Å². The number of benzene rings is 1. The van der Waals surface area contributed by atoms with E-state index in [0.717, 1.165) is 17.0 Å². The highest BCUT2D eigenvalue weighted by molar-refractivity contribution is 7.19. The van der Waals surface area contributed by atoms with Crippen molar-refractivity contribution < 1.29 is 9.59 Å². The molecule has 1 N–H and O–H groups in total. The minimum atomic E-state index is -0.229. The number of carbonyl (C=O) groups is 2. The number of nitrogens with zero attached hydrogens (tertiary/aromatic N) is 2. The topological polar surface area (TPSA) is 72.0 Å². The van der Waals surface area contributed by atoms with E-state index >= 15 is 0 Å². The molecule has 0 unspecified atom stereocenters. The molecule has 2 heterocycles. The average Bonchev–Trinajstić information content (AvgIpc) is 3.31. The Hall–Kier alpha value is -2.38. The highest BCUT2D eigenvalue weighted by Crippen LogP contribution is 2.27. The molecule has 0 spiro atoms. The first-order valence-corrected chi connectivity index (χ1v) is 10.6. The van der Waals surface area contributed by atoms with E-state index in [0.29, 0.717) is 16.6 Å². The van der Waals surface area contributed by atoms with E-state index in [9.17, 15) is 9.59 Å². The van der Waals surface area contributed by atoms with Crippen LogP contribution in [0.1, 0.15) is 42.6 Å². The smallest absolute Gasteiger partial charge is 0.226 e. The second kappa shape index (κ2) is 9.01. The number of rotatable bonds is 8. The van der Waals surface area contributed by atoms with Gasteiger partial charge in [-0.05, 0) is 29.3 Å². The molecule has 5 nitrogen and oxygen atoms in total. The van der Waals surface area contributed by atoms with Crippen LogP contribution < -0.4 is 5.32 Å². The van der Waals surface area contributed by atoms with E-state index in [1.54, 1.807) is 11.3 Å². The molecule has 0 fully saturated rings. The van der Waals surface area contributed by atoms with Crippen molar-refractivity contribution in [3.05, 3.63) is 52.2 Å². The van der Waals surface area contributed by atoms with Gasteiger partial charge in [0.25, 0.3) is 0 Å². The summed E-state index contributed by atoms with van der Waals surface area (Å²) in [6, 6.07) is 9.62. The van der Waals surface area contributed by atoms with Crippen LogP contribution in [0.15, 0.2) is 41.1 Å². The van der Waals surface area contributed by atoms with E-state index in [-0.39, 0.29) is 24.5 Å². The van der Waals surface area contributed by atoms with E-state index in [2.05, 4.69) is 29.4 Å². The van der Waals surface area contributed by atoms with Crippen molar-refractivity contribution in [3.63, 3.8) is 0 Å². The summed E-state index contributed by atoms with van der Waals surface area (Å²) in [5.74, 6) is 0.320. The number of amides is 1. The number of anilines is 1. The van der Waals surface area contributed by atoms with E-state index in [1.807, 2.05) is 41.1 Å². The lowest BCUT2D eigenvalue weighted by molar-refractivity contribution is -0.116. The van der Waals surface area contributed by atoms with E-state index < -0.39 is 0 Å². The van der Waals surface area contributed by atoms with E-state index in [4.69, 9.17) is 0 Å². The first kappa shape index (κ1) is 19.4. The summed E-state index contributed by atoms with van der Waals surface area (Å²) < 4.78 is 0. The maximum absolute atomic E-state index is 12.3. The Bertz CT molecular complexity index is 900. The summed E-state index contributed by atoms with van der Waals surface area (Å²) in [6.07, 6.45) is 1.29. The Balaban J connectivity index is 1.49. The summed E-state index contributed by atoms with van der Waals surface area (Å²) in [5.41, 5.74) is 2.86. The molecule has 3 aromatic rings. The van der Waals surface area contributed by atoms with Crippen LogP contribution in [0.5, 0.6) is 0 Å². The molecule has 7 heteroatoms. The Morgan fingerprint density at radius 3 is 2.52 bits per heavy atom. The van der Waals surface area contributed by atoms with Crippen molar-refractivity contribution in [1.29, 1.82) is 0 Å². The molecule has 0 saturated heterocycles. The molecule has 3 rings (SSSR count). The number of aromatic nitrogens is 2. The van der Waals surface area contributed by atoms with Crippen LogP contribution in [0, 0.1) is 5.92 Å². The molecule has 1 amide bonds. The van der Waals surface area contributed by atoms with Crippen molar-refractivity contribution >= 4 is 39.5 Å². The second-order valence-electron chi connectivity index (χ2n) is 6.69. The predicted octanol–water partition coefficient (Wildman–Crippen LogP) is 5.07. The third kappa shape index (κ3) is 5.55. The molecule has 27 heavy (non-hydrogen) atoms. The lowest BCUT2D eigenvalue weighted by Gasteiger charge is -2.06. The molecule has 0 atom stereocenters. The minimum Gasteiger partial charge on any atom is -0.301 e. The zero-order valence-electron chi connectivity index (χ0n) is 15.3. The van der Waals surface area contributed by atoms with Crippen molar-refractivity contribution in [3.8, 4) is 10.6 Å². The first-order valence-electron chi connectivity index (χ1n) is 8.79. The molecule has 0 aliphatic heterocycles. The zero-order valence-corrected chi connectivity index (χ0v) is 16.9. The fourth-order valence-corrected chi connectivity index (χ4v) is 4.10. The summed E-state index contributed by atoms with van der Waals surface area (Å²) in [5, 5.41) is 16.0. The Kier molecular flexibility index (Phi) is 6.47. The summed E-state index contributed by atoms with van der Waals surface area (Å²) in [4.78, 5) is 24.4. The molecule has 0 aliphatic carbocycles. The van der Waals surface area contributed by atoms with Crippen LogP contribution in [0.3, 0.4) is 0 Å². The largest absolute Gasteiger partial charge is 0.301 e. The Morgan fingerprint density at radius 2 is 1.85 bits per heavy atom. The quantitative estimate of drug-likeness (QED) is 0.537. The summed E-state index contributed by atoms with van der Waals surface area (Å²) in [6.45, 7) is 4.33. The molecular weight excluding hydrogens is 378 g/mol. The highest BCUT2D eigenvalue weighted by atomic mass is 32.1. The fourth-order valence-electron chi connectivity index (χ4n) is 2.63. The van der Waals surface area contributed by atoms with Gasteiger partial charge >= 0.3 is 0 Å². The van der Waals surface area contributed by atoms with Gasteiger partial charge in [-0.2, -0.15) is 11.3 Å². The second-order valence-corrected chi connectivity index (χ2v) is 8.45. The Morgan fingerprint density at radius 1 is 1.07 bits per heavy atom. The highest BCUT2D eigenvalue weighted by Gasteiger charge is 2.13. The van der Waals surface area contributed by atoms with Gasteiger partial charge in [-0.15, -0.1) is 10.2 Å². The van der Waals surface area contributed by atoms with Gasteiger partial charge in [-0.3, -0.25) is 9.59 Å². The molecule has 0 aliphatic rings. The van der Waals surface area contributed by atoms with Crippen molar-refractivity contribution in [2.45, 2.75) is 33.1 Å². The van der Waals surface area contributed by atoms with Crippen LogP contribution >= 0.6 is 22.7 Å². The number of Topliss-reactive ketones (excluding diaryl/α,β-unsaturated/α-hetero) is 1. The maximum Gasteiger partial charge on any atom is 0.226 e. The lowest BCUT2D eigenvalue weighted by atomic mass is 9.99. The number of ketones is 1. The number of nitrogens with one attached hydrogen (secondary N) is 1. The summed E-state index contributed by atoms with van der Waals surface area (Å²) in [7, 11) is 0. The van der Waals surface area contributed by atoms with Crippen LogP contribution in [-0.2, 0) is 11.2 Å². The van der Waals surface area contributed by atoms with Gasteiger partial charge in [-0.1, -0.05) is 49.4 Å². The van der Waals surface area contributed by atoms with Crippen LogP contribution in [0.25, 0.3) is 10.6 Å². The molecular formula is C20H21N3O2S2. The molecule has 0 saturated carbocycles. The number of hydrogen-bond donors (Lipinski definition) is 1. The van der Waals surface area contributed by atoms with Crippen LogP contribution in [-0.4, -0.2) is 21.9 Å². The zero-order chi connectivity index (χ0) is 19.2. The monoisotopic (exact) mass is 399 g/mol. The third-order valence-corrected chi connectivity index (χ3v) is 5.51. The Labute approximate surface area is 166 Å². The first-order chi connectivity index (χ1) is 13.0. The van der Waals surface area contributed by atoms with Gasteiger partial charge in [-0.25, -0.2) is 0 Å². The van der Waals surface area contributed by atoms with Crippen molar-refractivity contribution in [2.24, 2.45) is 5.92 Å². The SMILES string of the molecule is CC(C)Cc1ccc(C(=O)CCC(=O)Nc2nnc(-c3ccsc3)s2)cc1. The molecule has 1 aromatic carbocycles. The number of thiophene rings is 1. The molecule has 2 aromatic heterocycles. The van der Waals surface area contributed by atoms with Crippen LogP contribution in [0.2, 0.25) is 0 Å². The van der Waals surface area contributed by atoms with Crippen molar-refractivity contribution in [1.82, 2.24) is 10.2 Å². The van der Waals surface area contributed by atoms with Crippen molar-refractivity contribution in [2.75, 3.05) is 5.32 Å². The van der Waals surface area contributed by atoms with Gasteiger partial charge in [0.05, 0.1) is 0 Å². The third-order valence-electron chi connectivity index (χ3n) is 3.94. The standard InChI is InChI=1S/C20H21N3O2S2/c1-13(2)11-14-3-5-15(6-4-14)17(24)7-8-18(25)21-20-23-22-19(27-20)16-9-10-26-12-16/h3-6,9-10,12-13H,7-8,11H2,1-2H3,(H,21,23,25). The van der Waals surface area contributed by atoms with Gasteiger partial charge < -0.3 is 5.32 Å². The van der Waals surface area contributed by atoms with Gasteiger partial charge in [0.15, 0.2) is 5.78 Å². The molecule has 0 radical (unpaired) electrons. The minimum absolute atomic E-state index is 0.0301. The number of carbonyl (C=O) groups excluding carboxylic acids is 2. The summed E-state index contributed by atoms with van der Waals surface area (Å²) >= 11 is 2.91.